The highest BCUT2D eigenvalue weighted by Crippen LogP contribution is 2.60. The molecule has 1 atom stereocenters. The van der Waals surface area contributed by atoms with Crippen molar-refractivity contribution < 1.29 is 17.7 Å². The van der Waals surface area contributed by atoms with Gasteiger partial charge in [-0.3, -0.25) is 4.52 Å². The zero-order chi connectivity index (χ0) is 16.2. The molecular formula is C11H15BrClO3PS. The van der Waals surface area contributed by atoms with Gasteiger partial charge in [-0.15, -0.1) is 0 Å². The fraction of sp³-hybridized carbons (Fsp3) is 0.455. The van der Waals surface area contributed by atoms with Gasteiger partial charge in [-0.2, -0.15) is 0 Å². The quantitative estimate of drug-likeness (QED) is 0.566. The first kappa shape index (κ1) is 12.1. The van der Waals surface area contributed by atoms with Gasteiger partial charge < -0.3 is 4.52 Å². The first-order valence-corrected chi connectivity index (χ1v) is 9.61. The molecule has 1 unspecified atom stereocenters. The van der Waals surface area contributed by atoms with Crippen LogP contribution in [0.15, 0.2) is 22.6 Å². The Bertz CT molecular complexity index is 547. The smallest absolute Gasteiger partial charge is 0.415 e. The third-order valence-corrected chi connectivity index (χ3v) is 6.23. The van der Waals surface area contributed by atoms with E-state index in [2.05, 4.69) is 15.9 Å². The van der Waals surface area contributed by atoms with Gasteiger partial charge in [0.1, 0.15) is 5.75 Å². The molecule has 0 aliphatic rings. The van der Waals surface area contributed by atoms with Gasteiger partial charge in [0.2, 0.25) is 0 Å². The Morgan fingerprint density at radius 1 is 1.56 bits per heavy atom. The summed E-state index contributed by atoms with van der Waals surface area (Å²) in [5.74, 6) is 0.301. The molecule has 0 aliphatic heterocycles. The third-order valence-electron chi connectivity index (χ3n) is 1.65. The van der Waals surface area contributed by atoms with Gasteiger partial charge in [0.15, 0.2) is 0 Å². The molecule has 0 aliphatic carbocycles. The van der Waals surface area contributed by atoms with Gasteiger partial charge in [-0.25, -0.2) is 4.57 Å². The van der Waals surface area contributed by atoms with Crippen LogP contribution in [0.5, 0.6) is 5.75 Å². The molecule has 0 saturated heterocycles. The van der Waals surface area contributed by atoms with Crippen molar-refractivity contribution in [3.05, 3.63) is 27.6 Å². The lowest BCUT2D eigenvalue weighted by molar-refractivity contribution is 0.296. The number of halogens is 2. The molecule has 0 bridgehead atoms. The van der Waals surface area contributed by atoms with Gasteiger partial charge in [0.05, 0.1) is 15.7 Å². The van der Waals surface area contributed by atoms with E-state index in [1.165, 1.54) is 0 Å². The van der Waals surface area contributed by atoms with E-state index in [0.29, 0.717) is 5.75 Å². The number of hydrogen-bond acceptors (Lipinski definition) is 4. The van der Waals surface area contributed by atoms with Crippen LogP contribution in [0.25, 0.3) is 0 Å². The summed E-state index contributed by atoms with van der Waals surface area (Å²) in [5, 5.41) is -0.167. The SMILES string of the molecule is [2H]c1c([2H])c(OP(=O)(OCC)SCCC)c(Cl)c([2H])c1Br. The van der Waals surface area contributed by atoms with Gasteiger partial charge >= 0.3 is 6.80 Å². The molecule has 1 aromatic carbocycles. The number of rotatable bonds is 7. The minimum absolute atomic E-state index is 0.0947. The Kier molecular flexibility index (Phi) is 5.25. The summed E-state index contributed by atoms with van der Waals surface area (Å²) in [4.78, 5) is 0. The van der Waals surface area contributed by atoms with Gasteiger partial charge in [-0.1, -0.05) is 34.5 Å². The van der Waals surface area contributed by atoms with E-state index in [4.69, 9.17) is 24.8 Å². The molecule has 0 aromatic heterocycles. The van der Waals surface area contributed by atoms with Crippen molar-refractivity contribution in [3.63, 3.8) is 0 Å². The van der Waals surface area contributed by atoms with Crippen LogP contribution in [0.1, 0.15) is 24.4 Å². The predicted molar refractivity (Wildman–Crippen MR) is 81.8 cm³/mol. The Morgan fingerprint density at radius 2 is 2.28 bits per heavy atom. The van der Waals surface area contributed by atoms with E-state index in [9.17, 15) is 4.57 Å². The van der Waals surface area contributed by atoms with Crippen LogP contribution in [0.2, 0.25) is 5.02 Å². The van der Waals surface area contributed by atoms with E-state index in [-0.39, 0.29) is 40.0 Å². The van der Waals surface area contributed by atoms with E-state index >= 15 is 0 Å². The lowest BCUT2D eigenvalue weighted by atomic mass is 10.3. The Hall–Kier alpha value is 0.330. The van der Waals surface area contributed by atoms with Crippen molar-refractivity contribution in [1.29, 1.82) is 0 Å². The summed E-state index contributed by atoms with van der Waals surface area (Å²) >= 11 is 10.0. The highest BCUT2D eigenvalue weighted by molar-refractivity contribution is 9.10. The number of benzene rings is 1. The summed E-state index contributed by atoms with van der Waals surface area (Å²) in [7, 11) is 0. The first-order valence-electron chi connectivity index (χ1n) is 6.80. The van der Waals surface area contributed by atoms with Crippen molar-refractivity contribution in [2.45, 2.75) is 20.3 Å². The van der Waals surface area contributed by atoms with Gasteiger partial charge in [0.25, 0.3) is 0 Å². The minimum Gasteiger partial charge on any atom is -0.415 e. The van der Waals surface area contributed by atoms with Crippen LogP contribution >= 0.6 is 45.7 Å². The van der Waals surface area contributed by atoms with Crippen molar-refractivity contribution in [2.75, 3.05) is 12.4 Å². The Balaban J connectivity index is 3.24. The van der Waals surface area contributed by atoms with Crippen LogP contribution in [-0.4, -0.2) is 12.4 Å². The van der Waals surface area contributed by atoms with Crippen molar-refractivity contribution >= 4 is 45.7 Å². The Labute approximate surface area is 129 Å². The zero-order valence-electron chi connectivity index (χ0n) is 13.0. The van der Waals surface area contributed by atoms with Gasteiger partial charge in [0, 0.05) is 10.2 Å². The van der Waals surface area contributed by atoms with Crippen LogP contribution in [-0.2, 0) is 9.09 Å². The van der Waals surface area contributed by atoms with E-state index in [0.717, 1.165) is 17.8 Å². The standard InChI is InChI=1S/C11H15BrClO3PS/c1-3-7-18-17(14,15-4-2)16-11-6-5-9(12)8-10(11)13/h5-6,8H,3-4,7H2,1-2H3/i5D,6D,8D. The highest BCUT2D eigenvalue weighted by Gasteiger charge is 2.27. The normalized spacial score (nSPS) is 16.6. The Morgan fingerprint density at radius 3 is 2.89 bits per heavy atom. The first-order chi connectivity index (χ1) is 9.77. The minimum atomic E-state index is -3.54. The summed E-state index contributed by atoms with van der Waals surface area (Å²) in [5.41, 5.74) is 0. The van der Waals surface area contributed by atoms with Crippen LogP contribution in [0.3, 0.4) is 0 Å². The monoisotopic (exact) mass is 375 g/mol. The fourth-order valence-electron chi connectivity index (χ4n) is 0.977. The predicted octanol–water partition coefficient (Wildman–Crippen LogP) is 5.77. The molecule has 0 radical (unpaired) electrons. The molecule has 0 N–H and O–H groups in total. The summed E-state index contributed by atoms with van der Waals surface area (Å²) in [6.45, 7) is 0.247. The zero-order valence-corrected chi connectivity index (χ0v) is 14.0. The molecule has 0 spiro atoms. The fourth-order valence-corrected chi connectivity index (χ4v) is 5.03. The largest absolute Gasteiger partial charge is 0.440 e. The molecule has 7 heteroatoms. The summed E-state index contributed by atoms with van der Waals surface area (Å²) < 4.78 is 46.6. The molecule has 1 rings (SSSR count). The molecule has 3 nitrogen and oxygen atoms in total. The molecule has 1 aromatic rings. The molecule has 18 heavy (non-hydrogen) atoms. The average molecular weight is 377 g/mol. The average Bonchev–Trinajstić information content (AvgIpc) is 2.46. The lowest BCUT2D eigenvalue weighted by Gasteiger charge is -2.18. The van der Waals surface area contributed by atoms with Gasteiger partial charge in [-0.05, 0) is 42.9 Å². The molecule has 102 valence electrons. The maximum Gasteiger partial charge on any atom is 0.440 e. The topological polar surface area (TPSA) is 35.5 Å². The van der Waals surface area contributed by atoms with Crippen molar-refractivity contribution in [2.24, 2.45) is 0 Å². The van der Waals surface area contributed by atoms with E-state index in [1.54, 1.807) is 6.92 Å². The van der Waals surface area contributed by atoms with Crippen LogP contribution < -0.4 is 4.52 Å². The second kappa shape index (κ2) is 7.81. The number of hydrogen-bond donors (Lipinski definition) is 0. The maximum absolute atomic E-state index is 12.6. The van der Waals surface area contributed by atoms with E-state index in [1.807, 2.05) is 6.92 Å². The summed E-state index contributed by atoms with van der Waals surface area (Å²) in [6, 6.07) is -0.765. The van der Waals surface area contributed by atoms with Crippen LogP contribution in [0.4, 0.5) is 0 Å². The highest BCUT2D eigenvalue weighted by atomic mass is 79.9. The van der Waals surface area contributed by atoms with Crippen molar-refractivity contribution in [3.8, 4) is 5.75 Å². The molecule has 0 heterocycles. The van der Waals surface area contributed by atoms with Crippen molar-refractivity contribution in [1.82, 2.24) is 0 Å². The molecule has 0 fully saturated rings. The second-order valence-electron chi connectivity index (χ2n) is 3.12. The summed E-state index contributed by atoms with van der Waals surface area (Å²) in [6.07, 6.45) is 0.778. The van der Waals surface area contributed by atoms with E-state index < -0.39 is 6.80 Å². The molecule has 0 amide bonds. The molecular weight excluding hydrogens is 359 g/mol. The second-order valence-corrected chi connectivity index (χ2v) is 8.41. The third kappa shape index (κ3) is 5.14. The molecule has 0 saturated carbocycles. The lowest BCUT2D eigenvalue weighted by Crippen LogP contribution is -1.96. The maximum atomic E-state index is 12.6. The van der Waals surface area contributed by atoms with Crippen LogP contribution in [0, 0.1) is 0 Å².